The Morgan fingerprint density at radius 2 is 2.15 bits per heavy atom. The van der Waals surface area contributed by atoms with Crippen LogP contribution in [0.3, 0.4) is 0 Å². The number of aromatic carboxylic acids is 1. The molecule has 1 N–H and O–H groups in total. The van der Waals surface area contributed by atoms with Gasteiger partial charge in [0.1, 0.15) is 17.3 Å². The smallest absolute Gasteiger partial charge is 0.335 e. The van der Waals surface area contributed by atoms with Gasteiger partial charge < -0.3 is 9.52 Å². The van der Waals surface area contributed by atoms with E-state index in [4.69, 9.17) is 14.8 Å². The molecular formula is C14H7N3O3. The molecule has 0 spiro atoms. The van der Waals surface area contributed by atoms with Crippen molar-refractivity contribution in [2.24, 2.45) is 0 Å². The molecule has 3 rings (SSSR count). The average molecular weight is 265 g/mol. The van der Waals surface area contributed by atoms with E-state index >= 15 is 0 Å². The summed E-state index contributed by atoms with van der Waals surface area (Å²) in [6.45, 7) is 0. The van der Waals surface area contributed by atoms with Crippen LogP contribution in [0.5, 0.6) is 0 Å². The first-order chi connectivity index (χ1) is 9.67. The van der Waals surface area contributed by atoms with Gasteiger partial charge >= 0.3 is 5.97 Å². The van der Waals surface area contributed by atoms with Crippen LogP contribution in [0.1, 0.15) is 15.9 Å². The topological polar surface area (TPSA) is 100 Å². The standard InChI is InChI=1S/C14H7N3O3/c15-6-8-1-3-10(16-7-8)13-17-11-5-9(14(18)19)2-4-12(11)20-13/h1-5,7H,(H,18,19). The van der Waals surface area contributed by atoms with Crippen molar-refractivity contribution < 1.29 is 14.3 Å². The predicted molar refractivity (Wildman–Crippen MR) is 68.9 cm³/mol. The zero-order valence-corrected chi connectivity index (χ0v) is 10.1. The fourth-order valence-corrected chi connectivity index (χ4v) is 1.76. The largest absolute Gasteiger partial charge is 0.478 e. The van der Waals surface area contributed by atoms with Crippen molar-refractivity contribution >= 4 is 17.1 Å². The molecule has 0 aliphatic heterocycles. The molecule has 0 amide bonds. The first-order valence-electron chi connectivity index (χ1n) is 5.68. The summed E-state index contributed by atoms with van der Waals surface area (Å²) in [5.74, 6) is -0.736. The van der Waals surface area contributed by atoms with E-state index in [9.17, 15) is 4.79 Å². The maximum absolute atomic E-state index is 10.9. The van der Waals surface area contributed by atoms with E-state index in [1.54, 1.807) is 18.2 Å². The molecule has 0 bridgehead atoms. The van der Waals surface area contributed by atoms with Gasteiger partial charge in [-0.3, -0.25) is 0 Å². The number of rotatable bonds is 2. The Hall–Kier alpha value is -3.20. The zero-order chi connectivity index (χ0) is 14.1. The van der Waals surface area contributed by atoms with Crippen molar-refractivity contribution in [2.45, 2.75) is 0 Å². The van der Waals surface area contributed by atoms with Crippen molar-refractivity contribution in [3.05, 3.63) is 47.7 Å². The summed E-state index contributed by atoms with van der Waals surface area (Å²) in [5, 5.41) is 17.6. The maximum Gasteiger partial charge on any atom is 0.335 e. The van der Waals surface area contributed by atoms with Gasteiger partial charge in [-0.1, -0.05) is 0 Å². The van der Waals surface area contributed by atoms with Crippen LogP contribution in [-0.4, -0.2) is 21.0 Å². The molecule has 2 heterocycles. The predicted octanol–water partition coefficient (Wildman–Crippen LogP) is 2.46. The second-order valence-electron chi connectivity index (χ2n) is 4.05. The average Bonchev–Trinajstić information content (AvgIpc) is 2.90. The zero-order valence-electron chi connectivity index (χ0n) is 10.1. The molecule has 0 radical (unpaired) electrons. The van der Waals surface area contributed by atoms with E-state index in [-0.39, 0.29) is 11.5 Å². The number of hydrogen-bond donors (Lipinski definition) is 1. The number of benzene rings is 1. The first kappa shape index (κ1) is 11.9. The van der Waals surface area contributed by atoms with Crippen LogP contribution >= 0.6 is 0 Å². The summed E-state index contributed by atoms with van der Waals surface area (Å²) in [6.07, 6.45) is 1.42. The third kappa shape index (κ3) is 1.97. The molecule has 6 heteroatoms. The Morgan fingerprint density at radius 3 is 2.80 bits per heavy atom. The van der Waals surface area contributed by atoms with Gasteiger partial charge in [-0.15, -0.1) is 0 Å². The maximum atomic E-state index is 10.9. The molecule has 2 aromatic heterocycles. The molecule has 0 aliphatic rings. The van der Waals surface area contributed by atoms with Crippen LogP contribution in [0.4, 0.5) is 0 Å². The third-order valence-electron chi connectivity index (χ3n) is 2.75. The normalized spacial score (nSPS) is 10.3. The van der Waals surface area contributed by atoms with E-state index in [2.05, 4.69) is 9.97 Å². The summed E-state index contributed by atoms with van der Waals surface area (Å²) in [6, 6.07) is 9.65. The Labute approximate surface area is 112 Å². The molecule has 0 unspecified atom stereocenters. The number of fused-ring (bicyclic) bond motifs is 1. The highest BCUT2D eigenvalue weighted by Crippen LogP contribution is 2.23. The highest BCUT2D eigenvalue weighted by atomic mass is 16.4. The molecule has 0 atom stereocenters. The van der Waals surface area contributed by atoms with Crippen molar-refractivity contribution in [1.82, 2.24) is 9.97 Å². The van der Waals surface area contributed by atoms with Gasteiger partial charge in [0.05, 0.1) is 11.1 Å². The van der Waals surface area contributed by atoms with Gasteiger partial charge in [0.15, 0.2) is 5.58 Å². The highest BCUT2D eigenvalue weighted by Gasteiger charge is 2.11. The number of oxazole rings is 1. The second kappa shape index (κ2) is 4.48. The molecule has 0 saturated heterocycles. The third-order valence-corrected chi connectivity index (χ3v) is 2.75. The van der Waals surface area contributed by atoms with E-state index < -0.39 is 5.97 Å². The van der Waals surface area contributed by atoms with Crippen LogP contribution in [0.2, 0.25) is 0 Å². The number of carbonyl (C=O) groups is 1. The van der Waals surface area contributed by atoms with Crippen LogP contribution < -0.4 is 0 Å². The van der Waals surface area contributed by atoms with Crippen molar-refractivity contribution in [2.75, 3.05) is 0 Å². The lowest BCUT2D eigenvalue weighted by molar-refractivity contribution is 0.0697. The van der Waals surface area contributed by atoms with Crippen molar-refractivity contribution in [3.8, 4) is 17.7 Å². The van der Waals surface area contributed by atoms with Gasteiger partial charge in [-0.25, -0.2) is 14.8 Å². The molecule has 3 aromatic rings. The Morgan fingerprint density at radius 1 is 1.30 bits per heavy atom. The van der Waals surface area contributed by atoms with Crippen molar-refractivity contribution in [3.63, 3.8) is 0 Å². The number of hydrogen-bond acceptors (Lipinski definition) is 5. The van der Waals surface area contributed by atoms with Gasteiger partial charge in [0.2, 0.25) is 5.89 Å². The monoisotopic (exact) mass is 265 g/mol. The fourth-order valence-electron chi connectivity index (χ4n) is 1.76. The number of aromatic nitrogens is 2. The van der Waals surface area contributed by atoms with Gasteiger partial charge in [0, 0.05) is 6.20 Å². The molecule has 0 saturated carbocycles. The van der Waals surface area contributed by atoms with Crippen molar-refractivity contribution in [1.29, 1.82) is 5.26 Å². The molecule has 0 fully saturated rings. The minimum absolute atomic E-state index is 0.144. The van der Waals surface area contributed by atoms with Crippen LogP contribution in [0, 0.1) is 11.3 Å². The lowest BCUT2D eigenvalue weighted by Gasteiger charge is -1.93. The van der Waals surface area contributed by atoms with E-state index in [1.807, 2.05) is 6.07 Å². The van der Waals surface area contributed by atoms with Gasteiger partial charge in [0.25, 0.3) is 0 Å². The second-order valence-corrected chi connectivity index (χ2v) is 4.05. The quantitative estimate of drug-likeness (QED) is 0.763. The lowest BCUT2D eigenvalue weighted by Crippen LogP contribution is -1.94. The fraction of sp³-hybridized carbons (Fsp3) is 0. The van der Waals surface area contributed by atoms with Gasteiger partial charge in [-0.05, 0) is 30.3 Å². The van der Waals surface area contributed by atoms with E-state index in [0.717, 1.165) is 0 Å². The molecule has 1 aromatic carbocycles. The molecule has 20 heavy (non-hydrogen) atoms. The molecule has 96 valence electrons. The summed E-state index contributed by atoms with van der Waals surface area (Å²) in [4.78, 5) is 19.2. The number of nitriles is 1. The summed E-state index contributed by atoms with van der Waals surface area (Å²) in [5.41, 5.74) is 2.00. The minimum atomic E-state index is -1.02. The Bertz CT molecular complexity index is 844. The highest BCUT2D eigenvalue weighted by molar-refractivity contribution is 5.92. The van der Waals surface area contributed by atoms with Crippen LogP contribution in [-0.2, 0) is 0 Å². The minimum Gasteiger partial charge on any atom is -0.478 e. The number of carboxylic acid groups (broad SMARTS) is 1. The van der Waals surface area contributed by atoms with Gasteiger partial charge in [-0.2, -0.15) is 5.26 Å². The molecular weight excluding hydrogens is 258 g/mol. The lowest BCUT2D eigenvalue weighted by atomic mass is 10.2. The van der Waals surface area contributed by atoms with Crippen LogP contribution in [0.15, 0.2) is 40.9 Å². The summed E-state index contributed by atoms with van der Waals surface area (Å²) >= 11 is 0. The van der Waals surface area contributed by atoms with Crippen LogP contribution in [0.25, 0.3) is 22.7 Å². The molecule has 0 aliphatic carbocycles. The van der Waals surface area contributed by atoms with E-state index in [0.29, 0.717) is 22.4 Å². The Balaban J connectivity index is 2.08. The number of carboxylic acids is 1. The summed E-state index contributed by atoms with van der Waals surface area (Å²) in [7, 11) is 0. The summed E-state index contributed by atoms with van der Waals surface area (Å²) < 4.78 is 5.51. The first-order valence-corrected chi connectivity index (χ1v) is 5.68. The van der Waals surface area contributed by atoms with E-state index in [1.165, 1.54) is 18.3 Å². The Kier molecular flexibility index (Phi) is 2.66. The number of pyridine rings is 1. The molecule has 6 nitrogen and oxygen atoms in total. The SMILES string of the molecule is N#Cc1ccc(-c2nc3cc(C(=O)O)ccc3o2)nc1. The number of nitrogens with zero attached hydrogens (tertiary/aromatic N) is 3.